The number of likely N-dealkylation sites (N-methyl/N-ethyl adjacent to an activating group) is 1. The first-order chi connectivity index (χ1) is 10.2. The normalized spacial score (nSPS) is 21.0. The summed E-state index contributed by atoms with van der Waals surface area (Å²) in [5.74, 6) is 0.103. The lowest BCUT2D eigenvalue weighted by Gasteiger charge is -2.40. The van der Waals surface area contributed by atoms with Crippen LogP contribution in [0, 0.1) is 0 Å². The predicted octanol–water partition coefficient (Wildman–Crippen LogP) is 1.72. The van der Waals surface area contributed by atoms with Gasteiger partial charge in [-0.25, -0.2) is 0 Å². The minimum Gasteiger partial charge on any atom is -0.358 e. The fourth-order valence-corrected chi connectivity index (χ4v) is 3.14. The van der Waals surface area contributed by atoms with E-state index < -0.39 is 0 Å². The van der Waals surface area contributed by atoms with Crippen LogP contribution in [-0.4, -0.2) is 43.5 Å². The van der Waals surface area contributed by atoms with Gasteiger partial charge >= 0.3 is 0 Å². The Kier molecular flexibility index (Phi) is 5.76. The summed E-state index contributed by atoms with van der Waals surface area (Å²) in [6, 6.07) is 9.07. The molecule has 2 unspecified atom stereocenters. The number of amides is 1. The molecule has 1 aromatic carbocycles. The largest absolute Gasteiger partial charge is 0.358 e. The Labute approximate surface area is 127 Å². The maximum atomic E-state index is 12.1. The third-order valence-electron chi connectivity index (χ3n) is 4.39. The molecule has 1 amide bonds. The maximum absolute atomic E-state index is 12.1. The number of rotatable bonds is 5. The lowest BCUT2D eigenvalue weighted by atomic mass is 9.97. The standard InChI is InChI=1S/C17H27N3O/c1-4-13-6-8-14(9-7-13)15(5-2)20-11-10-19-12-16(20)17(21)18-3/h6-9,15-16,19H,4-5,10-12H2,1-3H3,(H,18,21). The van der Waals surface area contributed by atoms with Gasteiger partial charge in [-0.05, 0) is 24.0 Å². The number of hydrogen-bond acceptors (Lipinski definition) is 3. The molecule has 1 heterocycles. The summed E-state index contributed by atoms with van der Waals surface area (Å²) in [5, 5.41) is 6.12. The summed E-state index contributed by atoms with van der Waals surface area (Å²) in [5.41, 5.74) is 2.67. The summed E-state index contributed by atoms with van der Waals surface area (Å²) in [4.78, 5) is 14.5. The van der Waals surface area contributed by atoms with Crippen LogP contribution < -0.4 is 10.6 Å². The van der Waals surface area contributed by atoms with Crippen LogP contribution in [0.5, 0.6) is 0 Å². The highest BCUT2D eigenvalue weighted by atomic mass is 16.2. The lowest BCUT2D eigenvalue weighted by Crippen LogP contribution is -2.58. The number of hydrogen-bond donors (Lipinski definition) is 2. The Morgan fingerprint density at radius 3 is 2.67 bits per heavy atom. The van der Waals surface area contributed by atoms with E-state index in [1.54, 1.807) is 7.05 Å². The zero-order valence-electron chi connectivity index (χ0n) is 13.4. The van der Waals surface area contributed by atoms with Crippen LogP contribution in [0.15, 0.2) is 24.3 Å². The summed E-state index contributed by atoms with van der Waals surface area (Å²) in [6.45, 7) is 6.94. The van der Waals surface area contributed by atoms with Gasteiger partial charge in [0, 0.05) is 32.7 Å². The highest BCUT2D eigenvalue weighted by molar-refractivity contribution is 5.81. The van der Waals surface area contributed by atoms with Gasteiger partial charge in [0.1, 0.15) is 6.04 Å². The van der Waals surface area contributed by atoms with Crippen molar-refractivity contribution in [2.75, 3.05) is 26.7 Å². The molecule has 0 radical (unpaired) electrons. The fraction of sp³-hybridized carbons (Fsp3) is 0.588. The van der Waals surface area contributed by atoms with Gasteiger partial charge in [-0.3, -0.25) is 9.69 Å². The van der Waals surface area contributed by atoms with Crippen LogP contribution in [0.1, 0.15) is 37.4 Å². The Hall–Kier alpha value is -1.39. The SMILES string of the molecule is CCc1ccc(C(CC)N2CCNCC2C(=O)NC)cc1. The van der Waals surface area contributed by atoms with Gasteiger partial charge < -0.3 is 10.6 Å². The van der Waals surface area contributed by atoms with Gasteiger partial charge in [0.25, 0.3) is 0 Å². The first-order valence-corrected chi connectivity index (χ1v) is 7.98. The summed E-state index contributed by atoms with van der Waals surface area (Å²) >= 11 is 0. The summed E-state index contributed by atoms with van der Waals surface area (Å²) < 4.78 is 0. The molecule has 2 atom stereocenters. The first kappa shape index (κ1) is 16.0. The van der Waals surface area contributed by atoms with Crippen LogP contribution in [0.3, 0.4) is 0 Å². The highest BCUT2D eigenvalue weighted by Crippen LogP contribution is 2.27. The second-order valence-corrected chi connectivity index (χ2v) is 5.59. The molecule has 1 aliphatic heterocycles. The van der Waals surface area contributed by atoms with E-state index in [4.69, 9.17) is 0 Å². The minimum atomic E-state index is -0.0837. The average molecular weight is 289 g/mol. The molecule has 1 aromatic rings. The van der Waals surface area contributed by atoms with E-state index in [0.29, 0.717) is 6.04 Å². The van der Waals surface area contributed by atoms with Gasteiger partial charge in [-0.1, -0.05) is 38.1 Å². The number of nitrogens with zero attached hydrogens (tertiary/aromatic N) is 1. The number of carbonyl (C=O) groups is 1. The van der Waals surface area contributed by atoms with E-state index in [2.05, 4.69) is 53.6 Å². The minimum absolute atomic E-state index is 0.0837. The molecule has 4 nitrogen and oxygen atoms in total. The van der Waals surface area contributed by atoms with Gasteiger partial charge in [0.15, 0.2) is 0 Å². The fourth-order valence-electron chi connectivity index (χ4n) is 3.14. The smallest absolute Gasteiger partial charge is 0.238 e. The van der Waals surface area contributed by atoms with Crippen molar-refractivity contribution in [3.05, 3.63) is 35.4 Å². The Bertz CT molecular complexity index is 458. The number of benzene rings is 1. The third kappa shape index (κ3) is 3.63. The molecule has 2 N–H and O–H groups in total. The molecule has 1 aliphatic rings. The average Bonchev–Trinajstić information content (AvgIpc) is 2.56. The quantitative estimate of drug-likeness (QED) is 0.867. The molecular formula is C17H27N3O. The van der Waals surface area contributed by atoms with Crippen molar-refractivity contribution < 1.29 is 4.79 Å². The van der Waals surface area contributed by atoms with Crippen molar-refractivity contribution in [1.29, 1.82) is 0 Å². The van der Waals surface area contributed by atoms with Gasteiger partial charge in [0.05, 0.1) is 0 Å². The van der Waals surface area contributed by atoms with Crippen molar-refractivity contribution in [2.24, 2.45) is 0 Å². The number of aryl methyl sites for hydroxylation is 1. The second kappa shape index (κ2) is 7.57. The van der Waals surface area contributed by atoms with Crippen molar-refractivity contribution in [2.45, 2.75) is 38.8 Å². The van der Waals surface area contributed by atoms with Crippen LogP contribution in [0.25, 0.3) is 0 Å². The van der Waals surface area contributed by atoms with Gasteiger partial charge in [0.2, 0.25) is 5.91 Å². The Morgan fingerprint density at radius 1 is 1.38 bits per heavy atom. The molecule has 0 aromatic heterocycles. The van der Waals surface area contributed by atoms with E-state index in [0.717, 1.165) is 32.5 Å². The van der Waals surface area contributed by atoms with Crippen molar-refractivity contribution in [3.63, 3.8) is 0 Å². The first-order valence-electron chi connectivity index (χ1n) is 7.98. The second-order valence-electron chi connectivity index (χ2n) is 5.59. The van der Waals surface area contributed by atoms with Crippen LogP contribution in [0.2, 0.25) is 0 Å². The maximum Gasteiger partial charge on any atom is 0.238 e. The Balaban J connectivity index is 2.22. The molecular weight excluding hydrogens is 262 g/mol. The highest BCUT2D eigenvalue weighted by Gasteiger charge is 2.32. The molecule has 4 heteroatoms. The zero-order chi connectivity index (χ0) is 15.2. The molecule has 0 aliphatic carbocycles. The van der Waals surface area contributed by atoms with Crippen LogP contribution in [0.4, 0.5) is 0 Å². The van der Waals surface area contributed by atoms with Gasteiger partial charge in [-0.15, -0.1) is 0 Å². The number of carbonyl (C=O) groups excluding carboxylic acids is 1. The van der Waals surface area contributed by atoms with Crippen molar-refractivity contribution >= 4 is 5.91 Å². The summed E-state index contributed by atoms with van der Waals surface area (Å²) in [7, 11) is 1.71. The van der Waals surface area contributed by atoms with Crippen LogP contribution in [-0.2, 0) is 11.2 Å². The molecule has 1 saturated heterocycles. The molecule has 2 rings (SSSR count). The summed E-state index contributed by atoms with van der Waals surface area (Å²) in [6.07, 6.45) is 2.07. The van der Waals surface area contributed by atoms with Crippen LogP contribution >= 0.6 is 0 Å². The Morgan fingerprint density at radius 2 is 2.10 bits per heavy atom. The third-order valence-corrected chi connectivity index (χ3v) is 4.39. The number of nitrogens with one attached hydrogen (secondary N) is 2. The predicted molar refractivity (Wildman–Crippen MR) is 86.3 cm³/mol. The van der Waals surface area contributed by atoms with Crippen molar-refractivity contribution in [1.82, 2.24) is 15.5 Å². The van der Waals surface area contributed by atoms with E-state index >= 15 is 0 Å². The monoisotopic (exact) mass is 289 g/mol. The molecule has 21 heavy (non-hydrogen) atoms. The number of piperazine rings is 1. The van der Waals surface area contributed by atoms with Crippen molar-refractivity contribution in [3.8, 4) is 0 Å². The molecule has 0 saturated carbocycles. The zero-order valence-corrected chi connectivity index (χ0v) is 13.4. The molecule has 1 fully saturated rings. The molecule has 0 spiro atoms. The van der Waals surface area contributed by atoms with E-state index in [9.17, 15) is 4.79 Å². The molecule has 0 bridgehead atoms. The lowest BCUT2D eigenvalue weighted by molar-refractivity contribution is -0.127. The van der Waals surface area contributed by atoms with E-state index in [1.165, 1.54) is 11.1 Å². The van der Waals surface area contributed by atoms with E-state index in [1.807, 2.05) is 0 Å². The van der Waals surface area contributed by atoms with Gasteiger partial charge in [-0.2, -0.15) is 0 Å². The topological polar surface area (TPSA) is 44.4 Å². The molecule has 116 valence electrons. The van der Waals surface area contributed by atoms with E-state index in [-0.39, 0.29) is 11.9 Å².